The first kappa shape index (κ1) is 18.9. The lowest BCUT2D eigenvalue weighted by Gasteiger charge is -2.07. The number of nitrogens with one attached hydrogen (secondary N) is 1. The van der Waals surface area contributed by atoms with Gasteiger partial charge in [-0.2, -0.15) is 0 Å². The Bertz CT molecular complexity index is 1380. The monoisotopic (exact) mass is 450 g/mol. The highest BCUT2D eigenvalue weighted by atomic mass is 32.1. The average molecular weight is 451 g/mol. The molecule has 148 valence electrons. The van der Waals surface area contributed by atoms with Gasteiger partial charge in [0.15, 0.2) is 0 Å². The van der Waals surface area contributed by atoms with Gasteiger partial charge in [0.2, 0.25) is 5.91 Å². The highest BCUT2D eigenvalue weighted by Crippen LogP contribution is 2.30. The third kappa shape index (κ3) is 3.58. The predicted octanol–water partition coefficient (Wildman–Crippen LogP) is 4.62. The minimum atomic E-state index is -0.322. The molecule has 5 aromatic rings. The summed E-state index contributed by atoms with van der Waals surface area (Å²) in [5, 5.41) is 7.17. The first-order valence-electron chi connectivity index (χ1n) is 9.01. The van der Waals surface area contributed by atoms with E-state index in [0.29, 0.717) is 15.9 Å². The standard InChI is InChI=1S/C21H14N4O2S3/c26-17(9-14-10-29-19(23-14)16-7-4-8-28-16)24-25-12-22-20-18(21(25)27)15(11-30-20)13-5-2-1-3-6-13/h1-8,10-12H,9H2,(H,24,26). The predicted molar refractivity (Wildman–Crippen MR) is 123 cm³/mol. The molecule has 1 amide bonds. The van der Waals surface area contributed by atoms with E-state index < -0.39 is 0 Å². The number of benzene rings is 1. The lowest BCUT2D eigenvalue weighted by molar-refractivity contribution is -0.116. The van der Waals surface area contributed by atoms with Crippen molar-refractivity contribution in [3.8, 4) is 21.0 Å². The van der Waals surface area contributed by atoms with E-state index in [-0.39, 0.29) is 17.9 Å². The van der Waals surface area contributed by atoms with Crippen molar-refractivity contribution in [3.63, 3.8) is 0 Å². The smallest absolute Gasteiger partial charge is 0.273 e. The van der Waals surface area contributed by atoms with E-state index in [2.05, 4.69) is 15.4 Å². The van der Waals surface area contributed by atoms with Gasteiger partial charge in [0.25, 0.3) is 5.56 Å². The number of rotatable bonds is 5. The summed E-state index contributed by atoms with van der Waals surface area (Å²) in [5.41, 5.74) is 4.76. The molecule has 4 aromatic heterocycles. The van der Waals surface area contributed by atoms with Crippen LogP contribution in [0.15, 0.2) is 69.7 Å². The number of hydrogen-bond donors (Lipinski definition) is 1. The highest BCUT2D eigenvalue weighted by Gasteiger charge is 2.15. The quantitative estimate of drug-likeness (QED) is 0.424. The molecular formula is C21H14N4O2S3. The highest BCUT2D eigenvalue weighted by molar-refractivity contribution is 7.20. The molecule has 0 fully saturated rings. The molecule has 9 heteroatoms. The Balaban J connectivity index is 1.39. The van der Waals surface area contributed by atoms with E-state index >= 15 is 0 Å². The average Bonchev–Trinajstić information content (AvgIpc) is 3.51. The lowest BCUT2D eigenvalue weighted by atomic mass is 10.1. The summed E-state index contributed by atoms with van der Waals surface area (Å²) in [4.78, 5) is 36.1. The zero-order valence-corrected chi connectivity index (χ0v) is 17.9. The molecule has 0 spiro atoms. The third-order valence-electron chi connectivity index (χ3n) is 4.45. The van der Waals surface area contributed by atoms with E-state index in [1.54, 1.807) is 11.3 Å². The van der Waals surface area contributed by atoms with Crippen LogP contribution in [0.25, 0.3) is 31.2 Å². The summed E-state index contributed by atoms with van der Waals surface area (Å²) in [5.74, 6) is -0.322. The molecule has 4 heterocycles. The fourth-order valence-electron chi connectivity index (χ4n) is 3.08. The second-order valence-corrected chi connectivity index (χ2v) is 9.11. The molecule has 0 unspecified atom stereocenters. The second kappa shape index (κ2) is 7.94. The van der Waals surface area contributed by atoms with Crippen LogP contribution >= 0.6 is 34.0 Å². The van der Waals surface area contributed by atoms with Gasteiger partial charge in [-0.25, -0.2) is 14.6 Å². The van der Waals surface area contributed by atoms with Crippen LogP contribution in [0.4, 0.5) is 0 Å². The molecule has 5 rings (SSSR count). The Morgan fingerprint density at radius 3 is 2.70 bits per heavy atom. The van der Waals surface area contributed by atoms with Crippen LogP contribution < -0.4 is 11.0 Å². The number of aromatic nitrogens is 3. The van der Waals surface area contributed by atoms with Crippen LogP contribution in [0.5, 0.6) is 0 Å². The molecular weight excluding hydrogens is 436 g/mol. The SMILES string of the molecule is O=C(Cc1csc(-c2cccs2)n1)Nn1cnc2scc(-c3ccccc3)c2c1=O. The Kier molecular flexibility index (Phi) is 4.99. The molecule has 0 saturated heterocycles. The van der Waals surface area contributed by atoms with Crippen molar-refractivity contribution in [1.82, 2.24) is 14.6 Å². The van der Waals surface area contributed by atoms with Crippen LogP contribution in [-0.4, -0.2) is 20.6 Å². The molecule has 0 bridgehead atoms. The summed E-state index contributed by atoms with van der Waals surface area (Å²) >= 11 is 4.52. The van der Waals surface area contributed by atoms with Gasteiger partial charge < -0.3 is 0 Å². The van der Waals surface area contributed by atoms with E-state index in [1.807, 2.05) is 58.6 Å². The Morgan fingerprint density at radius 2 is 1.90 bits per heavy atom. The number of fused-ring (bicyclic) bond motifs is 1. The van der Waals surface area contributed by atoms with Crippen LogP contribution in [-0.2, 0) is 11.2 Å². The van der Waals surface area contributed by atoms with Crippen molar-refractivity contribution in [2.75, 3.05) is 5.43 Å². The fraction of sp³-hybridized carbons (Fsp3) is 0.0476. The van der Waals surface area contributed by atoms with E-state index in [0.717, 1.165) is 25.7 Å². The van der Waals surface area contributed by atoms with Crippen molar-refractivity contribution in [2.45, 2.75) is 6.42 Å². The van der Waals surface area contributed by atoms with E-state index in [1.165, 1.54) is 29.0 Å². The van der Waals surface area contributed by atoms with Gasteiger partial charge in [-0.05, 0) is 17.0 Å². The Hall–Kier alpha value is -3.14. The fourth-order valence-corrected chi connectivity index (χ4v) is 5.62. The molecule has 6 nitrogen and oxygen atoms in total. The lowest BCUT2D eigenvalue weighted by Crippen LogP contribution is -2.34. The molecule has 0 aliphatic rings. The minimum absolute atomic E-state index is 0.0849. The van der Waals surface area contributed by atoms with Crippen molar-refractivity contribution in [3.05, 3.63) is 81.0 Å². The van der Waals surface area contributed by atoms with E-state index in [4.69, 9.17) is 0 Å². The molecule has 0 aliphatic carbocycles. The number of thiophene rings is 2. The summed E-state index contributed by atoms with van der Waals surface area (Å²) in [7, 11) is 0. The van der Waals surface area contributed by atoms with Crippen molar-refractivity contribution >= 4 is 50.1 Å². The third-order valence-corrected chi connectivity index (χ3v) is 7.27. The minimum Gasteiger partial charge on any atom is -0.273 e. The van der Waals surface area contributed by atoms with Crippen LogP contribution in [0.2, 0.25) is 0 Å². The number of carbonyl (C=O) groups excluding carboxylic acids is 1. The van der Waals surface area contributed by atoms with Crippen molar-refractivity contribution in [1.29, 1.82) is 0 Å². The van der Waals surface area contributed by atoms with E-state index in [9.17, 15) is 9.59 Å². The largest absolute Gasteiger partial charge is 0.281 e. The number of carbonyl (C=O) groups is 1. The van der Waals surface area contributed by atoms with Crippen LogP contribution in [0, 0.1) is 0 Å². The number of thiazole rings is 1. The molecule has 0 aliphatic heterocycles. The normalized spacial score (nSPS) is 11.1. The van der Waals surface area contributed by atoms with Gasteiger partial charge in [-0.15, -0.1) is 34.0 Å². The zero-order valence-electron chi connectivity index (χ0n) is 15.4. The van der Waals surface area contributed by atoms with Gasteiger partial charge in [-0.3, -0.25) is 15.0 Å². The number of nitrogens with zero attached hydrogens (tertiary/aromatic N) is 3. The van der Waals surface area contributed by atoms with Crippen LogP contribution in [0.1, 0.15) is 5.69 Å². The molecule has 1 N–H and O–H groups in total. The number of hydrogen-bond acceptors (Lipinski definition) is 7. The summed E-state index contributed by atoms with van der Waals surface area (Å²) < 4.78 is 1.15. The van der Waals surface area contributed by atoms with Crippen molar-refractivity contribution in [2.24, 2.45) is 0 Å². The van der Waals surface area contributed by atoms with Gasteiger partial charge in [0, 0.05) is 16.3 Å². The topological polar surface area (TPSA) is 76.9 Å². The second-order valence-electron chi connectivity index (χ2n) is 6.45. The molecule has 0 atom stereocenters. The first-order chi connectivity index (χ1) is 14.7. The Labute approximate surface area is 183 Å². The summed E-state index contributed by atoms with van der Waals surface area (Å²) in [6, 6.07) is 13.6. The van der Waals surface area contributed by atoms with Gasteiger partial charge in [-0.1, -0.05) is 36.4 Å². The maximum atomic E-state index is 13.0. The first-order valence-corrected chi connectivity index (χ1v) is 11.7. The molecule has 30 heavy (non-hydrogen) atoms. The summed E-state index contributed by atoms with van der Waals surface area (Å²) in [6.07, 6.45) is 1.44. The van der Waals surface area contributed by atoms with Gasteiger partial charge in [0.05, 0.1) is 22.4 Å². The maximum Gasteiger partial charge on any atom is 0.281 e. The molecule has 0 saturated carbocycles. The van der Waals surface area contributed by atoms with Gasteiger partial charge >= 0.3 is 0 Å². The summed E-state index contributed by atoms with van der Waals surface area (Å²) in [6.45, 7) is 0. The molecule has 0 radical (unpaired) electrons. The van der Waals surface area contributed by atoms with Gasteiger partial charge in [0.1, 0.15) is 16.2 Å². The van der Waals surface area contributed by atoms with Crippen molar-refractivity contribution < 1.29 is 4.79 Å². The number of amides is 1. The zero-order chi connectivity index (χ0) is 20.5. The maximum absolute atomic E-state index is 13.0. The Morgan fingerprint density at radius 1 is 1.03 bits per heavy atom. The van der Waals surface area contributed by atoms with Crippen LogP contribution in [0.3, 0.4) is 0 Å². The molecule has 1 aromatic carbocycles.